The number of rotatable bonds is 7. The van der Waals surface area contributed by atoms with Crippen molar-refractivity contribution in [1.82, 2.24) is 10.2 Å². The molecule has 0 saturated heterocycles. The van der Waals surface area contributed by atoms with Crippen LogP contribution in [-0.4, -0.2) is 23.8 Å². The minimum atomic E-state index is -0.362. The zero-order chi connectivity index (χ0) is 20.8. The summed E-state index contributed by atoms with van der Waals surface area (Å²) in [7, 11) is 1.74. The molecular formula is C23H23BrN2O3. The quantitative estimate of drug-likeness (QED) is 0.549. The van der Waals surface area contributed by atoms with E-state index in [1.165, 1.54) is 6.92 Å². The van der Waals surface area contributed by atoms with Crippen molar-refractivity contribution in [2.75, 3.05) is 7.05 Å². The predicted molar refractivity (Wildman–Crippen MR) is 116 cm³/mol. The van der Waals surface area contributed by atoms with Gasteiger partial charge in [0.1, 0.15) is 11.5 Å². The van der Waals surface area contributed by atoms with Crippen LogP contribution in [0.4, 0.5) is 0 Å². The lowest BCUT2D eigenvalue weighted by Gasteiger charge is -2.22. The molecule has 1 aromatic heterocycles. The van der Waals surface area contributed by atoms with Crippen LogP contribution in [0.2, 0.25) is 0 Å². The van der Waals surface area contributed by atoms with Crippen molar-refractivity contribution < 1.29 is 14.0 Å². The van der Waals surface area contributed by atoms with Crippen molar-refractivity contribution in [3.63, 3.8) is 0 Å². The maximum absolute atomic E-state index is 12.8. The van der Waals surface area contributed by atoms with Crippen molar-refractivity contribution in [2.24, 2.45) is 0 Å². The third-order valence-electron chi connectivity index (χ3n) is 4.57. The monoisotopic (exact) mass is 454 g/mol. The van der Waals surface area contributed by atoms with Crippen LogP contribution in [-0.2, 0) is 16.1 Å². The average Bonchev–Trinajstić information content (AvgIpc) is 3.16. The maximum atomic E-state index is 12.8. The Balaban J connectivity index is 1.65. The van der Waals surface area contributed by atoms with E-state index >= 15 is 0 Å². The normalized spacial score (nSPS) is 11.7. The van der Waals surface area contributed by atoms with Gasteiger partial charge in [-0.05, 0) is 29.8 Å². The molecule has 6 heteroatoms. The summed E-state index contributed by atoms with van der Waals surface area (Å²) in [5, 5.41) is 2.86. The SMILES string of the molecule is CC(=O)NC(CC(=O)N(C)Cc1ccc(-c2ccc(Br)cc2)o1)c1ccccc1. The van der Waals surface area contributed by atoms with Crippen LogP contribution in [0.15, 0.2) is 75.6 Å². The predicted octanol–water partition coefficient (Wildman–Crippen LogP) is 4.94. The van der Waals surface area contributed by atoms with Crippen molar-refractivity contribution >= 4 is 27.7 Å². The molecule has 0 bridgehead atoms. The summed E-state index contributed by atoms with van der Waals surface area (Å²) in [6, 6.07) is 20.8. The van der Waals surface area contributed by atoms with E-state index < -0.39 is 0 Å². The Kier molecular flexibility index (Phi) is 6.88. The van der Waals surface area contributed by atoms with Gasteiger partial charge in [-0.2, -0.15) is 0 Å². The van der Waals surface area contributed by atoms with Crippen molar-refractivity contribution in [2.45, 2.75) is 25.9 Å². The number of halogens is 1. The smallest absolute Gasteiger partial charge is 0.225 e. The highest BCUT2D eigenvalue weighted by Gasteiger charge is 2.20. The first kappa shape index (κ1) is 20.9. The molecule has 0 aliphatic rings. The average molecular weight is 455 g/mol. The Morgan fingerprint density at radius 2 is 1.72 bits per heavy atom. The Hall–Kier alpha value is -2.86. The number of hydrogen-bond acceptors (Lipinski definition) is 3. The van der Waals surface area contributed by atoms with E-state index in [1.807, 2.05) is 66.7 Å². The van der Waals surface area contributed by atoms with Crippen LogP contribution in [0.5, 0.6) is 0 Å². The van der Waals surface area contributed by atoms with Crippen LogP contribution in [0.3, 0.4) is 0 Å². The Morgan fingerprint density at radius 3 is 2.38 bits per heavy atom. The molecule has 2 amide bonds. The number of benzene rings is 2. The van der Waals surface area contributed by atoms with E-state index in [9.17, 15) is 9.59 Å². The number of nitrogens with zero attached hydrogens (tertiary/aromatic N) is 1. The number of carbonyl (C=O) groups is 2. The first-order valence-electron chi connectivity index (χ1n) is 9.33. The Morgan fingerprint density at radius 1 is 1.03 bits per heavy atom. The molecule has 1 N–H and O–H groups in total. The molecule has 0 aliphatic heterocycles. The molecule has 0 fully saturated rings. The maximum Gasteiger partial charge on any atom is 0.225 e. The Labute approximate surface area is 178 Å². The fourth-order valence-corrected chi connectivity index (χ4v) is 3.33. The zero-order valence-corrected chi connectivity index (χ0v) is 18.0. The second kappa shape index (κ2) is 9.56. The van der Waals surface area contributed by atoms with Gasteiger partial charge < -0.3 is 14.6 Å². The van der Waals surface area contributed by atoms with Crippen molar-refractivity contribution in [1.29, 1.82) is 0 Å². The van der Waals surface area contributed by atoms with Gasteiger partial charge in [0.2, 0.25) is 11.8 Å². The summed E-state index contributed by atoms with van der Waals surface area (Å²) >= 11 is 3.42. The number of amides is 2. The lowest BCUT2D eigenvalue weighted by Crippen LogP contribution is -2.33. The van der Waals surface area contributed by atoms with Gasteiger partial charge in [-0.25, -0.2) is 0 Å². The van der Waals surface area contributed by atoms with Crippen molar-refractivity contribution in [3.05, 3.63) is 82.5 Å². The number of hydrogen-bond donors (Lipinski definition) is 1. The molecule has 0 radical (unpaired) electrons. The minimum Gasteiger partial charge on any atom is -0.459 e. The van der Waals surface area contributed by atoms with Gasteiger partial charge in [0.15, 0.2) is 0 Å². The summed E-state index contributed by atoms with van der Waals surface area (Å²) in [6.07, 6.45) is 0.181. The minimum absolute atomic E-state index is 0.0748. The largest absolute Gasteiger partial charge is 0.459 e. The summed E-state index contributed by atoms with van der Waals surface area (Å²) in [4.78, 5) is 25.9. The van der Waals surface area contributed by atoms with Gasteiger partial charge in [-0.1, -0.05) is 58.4 Å². The van der Waals surface area contributed by atoms with Crippen LogP contribution in [0, 0.1) is 0 Å². The van der Waals surface area contributed by atoms with E-state index in [4.69, 9.17) is 4.42 Å². The highest BCUT2D eigenvalue weighted by molar-refractivity contribution is 9.10. The van der Waals surface area contributed by atoms with E-state index in [0.717, 1.165) is 21.4 Å². The number of carbonyl (C=O) groups excluding carboxylic acids is 2. The highest BCUT2D eigenvalue weighted by atomic mass is 79.9. The lowest BCUT2D eigenvalue weighted by molar-refractivity contribution is -0.131. The molecule has 1 unspecified atom stereocenters. The molecular weight excluding hydrogens is 432 g/mol. The molecule has 150 valence electrons. The van der Waals surface area contributed by atoms with Crippen molar-refractivity contribution in [3.8, 4) is 11.3 Å². The van der Waals surface area contributed by atoms with Crippen LogP contribution >= 0.6 is 15.9 Å². The van der Waals surface area contributed by atoms with E-state index in [0.29, 0.717) is 12.3 Å². The second-order valence-corrected chi connectivity index (χ2v) is 7.81. The Bertz CT molecular complexity index is 967. The van der Waals surface area contributed by atoms with Crippen LogP contribution in [0.25, 0.3) is 11.3 Å². The van der Waals surface area contributed by atoms with E-state index in [-0.39, 0.29) is 24.3 Å². The molecule has 0 spiro atoms. The molecule has 29 heavy (non-hydrogen) atoms. The lowest BCUT2D eigenvalue weighted by atomic mass is 10.0. The third kappa shape index (κ3) is 5.81. The standard InChI is InChI=1S/C23H23BrN2O3/c1-16(27)25-21(17-6-4-3-5-7-17)14-23(28)26(2)15-20-12-13-22(29-20)18-8-10-19(24)11-9-18/h3-13,21H,14-15H2,1-2H3,(H,25,27). The van der Waals surface area contributed by atoms with Gasteiger partial charge in [0.25, 0.3) is 0 Å². The van der Waals surface area contributed by atoms with Gasteiger partial charge in [-0.15, -0.1) is 0 Å². The van der Waals surface area contributed by atoms with Gasteiger partial charge in [0.05, 0.1) is 19.0 Å². The fraction of sp³-hybridized carbons (Fsp3) is 0.217. The van der Waals surface area contributed by atoms with Gasteiger partial charge in [0, 0.05) is 24.0 Å². The molecule has 5 nitrogen and oxygen atoms in total. The third-order valence-corrected chi connectivity index (χ3v) is 5.10. The summed E-state index contributed by atoms with van der Waals surface area (Å²) in [6.45, 7) is 1.81. The molecule has 3 rings (SSSR count). The van der Waals surface area contributed by atoms with E-state index in [2.05, 4.69) is 21.2 Å². The summed E-state index contributed by atoms with van der Waals surface area (Å²) in [5.74, 6) is 1.22. The second-order valence-electron chi connectivity index (χ2n) is 6.89. The van der Waals surface area contributed by atoms with Gasteiger partial charge in [-0.3, -0.25) is 9.59 Å². The number of nitrogens with one attached hydrogen (secondary N) is 1. The van der Waals surface area contributed by atoms with Crippen LogP contribution < -0.4 is 5.32 Å². The summed E-state index contributed by atoms with van der Waals surface area (Å²) in [5.41, 5.74) is 1.88. The molecule has 1 atom stereocenters. The van der Waals surface area contributed by atoms with Gasteiger partial charge >= 0.3 is 0 Å². The fourth-order valence-electron chi connectivity index (χ4n) is 3.07. The first-order valence-corrected chi connectivity index (χ1v) is 10.1. The first-order chi connectivity index (χ1) is 13.9. The highest BCUT2D eigenvalue weighted by Crippen LogP contribution is 2.25. The van der Waals surface area contributed by atoms with E-state index in [1.54, 1.807) is 11.9 Å². The zero-order valence-electron chi connectivity index (χ0n) is 16.4. The molecule has 0 aliphatic carbocycles. The topological polar surface area (TPSA) is 62.6 Å². The number of furan rings is 1. The van der Waals surface area contributed by atoms with Crippen LogP contribution in [0.1, 0.15) is 30.7 Å². The molecule has 1 heterocycles. The summed E-state index contributed by atoms with van der Waals surface area (Å²) < 4.78 is 6.91. The molecule has 3 aromatic rings. The molecule has 2 aromatic carbocycles. The molecule has 0 saturated carbocycles.